The fourth-order valence-corrected chi connectivity index (χ4v) is 3.49. The number of carbonyl (C=O) groups is 3. The van der Waals surface area contributed by atoms with Gasteiger partial charge in [-0.3, -0.25) is 14.5 Å². The van der Waals surface area contributed by atoms with Crippen LogP contribution in [0.25, 0.3) is 0 Å². The van der Waals surface area contributed by atoms with E-state index in [0.717, 1.165) is 10.5 Å². The molecule has 1 fully saturated rings. The summed E-state index contributed by atoms with van der Waals surface area (Å²) in [5.74, 6) is -0.696. The van der Waals surface area contributed by atoms with Gasteiger partial charge in [0, 0.05) is 12.1 Å². The Bertz CT molecular complexity index is 906. The Hall–Kier alpha value is -3.15. The predicted molar refractivity (Wildman–Crippen MR) is 111 cm³/mol. The van der Waals surface area contributed by atoms with Crippen molar-refractivity contribution in [3.05, 3.63) is 71.8 Å². The first kappa shape index (κ1) is 20.6. The van der Waals surface area contributed by atoms with Crippen molar-refractivity contribution in [2.24, 2.45) is 0 Å². The Morgan fingerprint density at radius 3 is 2.10 bits per heavy atom. The van der Waals surface area contributed by atoms with Crippen molar-refractivity contribution in [2.75, 3.05) is 6.54 Å². The lowest BCUT2D eigenvalue weighted by Crippen LogP contribution is -2.50. The van der Waals surface area contributed by atoms with Gasteiger partial charge in [-0.15, -0.1) is 0 Å². The zero-order chi connectivity index (χ0) is 21.2. The van der Waals surface area contributed by atoms with Gasteiger partial charge in [0.05, 0.1) is 0 Å². The minimum atomic E-state index is -1.18. The largest absolute Gasteiger partial charge is 0.332 e. The maximum absolute atomic E-state index is 13.1. The zero-order valence-corrected chi connectivity index (χ0v) is 17.3. The molecule has 1 heterocycles. The molecular weight excluding hydrogens is 366 g/mol. The normalized spacial score (nSPS) is 19.2. The maximum atomic E-state index is 13.1. The van der Waals surface area contributed by atoms with E-state index in [2.05, 4.69) is 5.32 Å². The molecule has 1 aliphatic rings. The molecule has 6 nitrogen and oxygen atoms in total. The van der Waals surface area contributed by atoms with Crippen molar-refractivity contribution in [1.29, 1.82) is 0 Å². The molecule has 0 unspecified atom stereocenters. The van der Waals surface area contributed by atoms with Crippen LogP contribution in [0.15, 0.2) is 60.7 Å². The second-order valence-electron chi connectivity index (χ2n) is 8.45. The molecule has 0 bridgehead atoms. The van der Waals surface area contributed by atoms with Gasteiger partial charge in [0.25, 0.3) is 5.91 Å². The number of urea groups is 1. The Labute approximate surface area is 171 Å². The Kier molecular flexibility index (Phi) is 5.46. The van der Waals surface area contributed by atoms with Gasteiger partial charge in [-0.2, -0.15) is 0 Å². The van der Waals surface area contributed by atoms with E-state index >= 15 is 0 Å². The predicted octanol–water partition coefficient (Wildman–Crippen LogP) is 3.28. The Morgan fingerprint density at radius 1 is 1.00 bits per heavy atom. The van der Waals surface area contributed by atoms with Crippen molar-refractivity contribution in [3.63, 3.8) is 0 Å². The quantitative estimate of drug-likeness (QED) is 0.793. The van der Waals surface area contributed by atoms with Crippen LogP contribution in [0.4, 0.5) is 4.79 Å². The van der Waals surface area contributed by atoms with Gasteiger partial charge in [-0.25, -0.2) is 4.79 Å². The minimum Gasteiger partial charge on any atom is -0.332 e. The number of benzene rings is 2. The lowest BCUT2D eigenvalue weighted by Gasteiger charge is -2.36. The number of nitrogens with zero attached hydrogens (tertiary/aromatic N) is 2. The average Bonchev–Trinajstić information content (AvgIpc) is 2.90. The average molecular weight is 393 g/mol. The van der Waals surface area contributed by atoms with Crippen LogP contribution >= 0.6 is 0 Å². The summed E-state index contributed by atoms with van der Waals surface area (Å²) >= 11 is 0. The van der Waals surface area contributed by atoms with E-state index in [0.29, 0.717) is 12.1 Å². The van der Waals surface area contributed by atoms with E-state index < -0.39 is 23.0 Å². The van der Waals surface area contributed by atoms with Gasteiger partial charge < -0.3 is 10.2 Å². The summed E-state index contributed by atoms with van der Waals surface area (Å²) in [6, 6.07) is 18.2. The van der Waals surface area contributed by atoms with Gasteiger partial charge in [-0.05, 0) is 38.8 Å². The molecule has 2 aromatic rings. The summed E-state index contributed by atoms with van der Waals surface area (Å²) in [7, 11) is 0. The van der Waals surface area contributed by atoms with Crippen molar-refractivity contribution < 1.29 is 14.4 Å². The first-order chi connectivity index (χ1) is 13.6. The van der Waals surface area contributed by atoms with Crippen molar-refractivity contribution in [3.8, 4) is 0 Å². The molecule has 0 aliphatic carbocycles. The van der Waals surface area contributed by atoms with Crippen LogP contribution in [0, 0.1) is 0 Å². The highest BCUT2D eigenvalue weighted by Gasteiger charge is 2.49. The standard InChI is InChI=1S/C23H27N3O3/c1-22(2,3)26(15-17-11-7-5-8-12-17)19(27)16-25-20(28)23(4,24-21(25)29)18-13-9-6-10-14-18/h5-14H,15-16H2,1-4H3,(H,24,29)/t23-/m0/s1. The highest BCUT2D eigenvalue weighted by Crippen LogP contribution is 2.29. The molecule has 3 rings (SSSR count). The van der Waals surface area contributed by atoms with Gasteiger partial charge in [-0.1, -0.05) is 60.7 Å². The Balaban J connectivity index is 1.81. The third kappa shape index (κ3) is 4.16. The molecule has 1 atom stereocenters. The van der Waals surface area contributed by atoms with Gasteiger partial charge >= 0.3 is 6.03 Å². The lowest BCUT2D eigenvalue weighted by molar-refractivity contribution is -0.142. The fraction of sp³-hybridized carbons (Fsp3) is 0.348. The molecule has 1 aliphatic heterocycles. The van der Waals surface area contributed by atoms with Gasteiger partial charge in [0.2, 0.25) is 5.91 Å². The number of hydrogen-bond donors (Lipinski definition) is 1. The number of imide groups is 1. The van der Waals surface area contributed by atoms with E-state index in [4.69, 9.17) is 0 Å². The van der Waals surface area contributed by atoms with Gasteiger partial charge in [0.15, 0.2) is 0 Å². The summed E-state index contributed by atoms with van der Waals surface area (Å²) in [5, 5.41) is 2.75. The Morgan fingerprint density at radius 2 is 1.55 bits per heavy atom. The highest BCUT2D eigenvalue weighted by molar-refractivity contribution is 6.09. The maximum Gasteiger partial charge on any atom is 0.325 e. The number of carbonyl (C=O) groups excluding carboxylic acids is 3. The van der Waals surface area contributed by atoms with E-state index in [-0.39, 0.29) is 12.5 Å². The van der Waals surface area contributed by atoms with Crippen molar-refractivity contribution >= 4 is 17.8 Å². The SMILES string of the molecule is CC(C)(C)N(Cc1ccccc1)C(=O)CN1C(=O)N[C@@](C)(c2ccccc2)C1=O. The van der Waals surface area contributed by atoms with Crippen LogP contribution < -0.4 is 5.32 Å². The molecule has 4 amide bonds. The summed E-state index contributed by atoms with van der Waals surface area (Å²) < 4.78 is 0. The molecule has 2 aromatic carbocycles. The van der Waals surface area contributed by atoms with E-state index in [1.165, 1.54) is 0 Å². The highest BCUT2D eigenvalue weighted by atomic mass is 16.2. The number of nitrogens with one attached hydrogen (secondary N) is 1. The fourth-order valence-electron chi connectivity index (χ4n) is 3.49. The van der Waals surface area contributed by atoms with E-state index in [1.807, 2.05) is 69.3 Å². The number of hydrogen-bond acceptors (Lipinski definition) is 3. The third-order valence-electron chi connectivity index (χ3n) is 5.21. The third-order valence-corrected chi connectivity index (χ3v) is 5.21. The van der Waals surface area contributed by atoms with Crippen LogP contribution in [0.1, 0.15) is 38.8 Å². The minimum absolute atomic E-state index is 0.276. The molecule has 152 valence electrons. The first-order valence-corrected chi connectivity index (χ1v) is 9.67. The smallest absolute Gasteiger partial charge is 0.325 e. The monoisotopic (exact) mass is 393 g/mol. The second kappa shape index (κ2) is 7.70. The molecule has 0 spiro atoms. The summed E-state index contributed by atoms with van der Waals surface area (Å²) in [6.45, 7) is 7.59. The zero-order valence-electron chi connectivity index (χ0n) is 17.3. The van der Waals surface area contributed by atoms with Crippen molar-refractivity contribution in [1.82, 2.24) is 15.1 Å². The van der Waals surface area contributed by atoms with Crippen LogP contribution in [-0.4, -0.2) is 39.7 Å². The molecule has 0 saturated carbocycles. The topological polar surface area (TPSA) is 69.7 Å². The molecule has 1 N–H and O–H groups in total. The first-order valence-electron chi connectivity index (χ1n) is 9.67. The van der Waals surface area contributed by atoms with Crippen LogP contribution in [-0.2, 0) is 21.7 Å². The summed E-state index contributed by atoms with van der Waals surface area (Å²) in [4.78, 5) is 41.5. The van der Waals surface area contributed by atoms with Crippen LogP contribution in [0.5, 0.6) is 0 Å². The van der Waals surface area contributed by atoms with Crippen molar-refractivity contribution in [2.45, 2.75) is 45.3 Å². The molecule has 29 heavy (non-hydrogen) atoms. The van der Waals surface area contributed by atoms with Crippen LogP contribution in [0.2, 0.25) is 0 Å². The molecule has 0 aromatic heterocycles. The molecular formula is C23H27N3O3. The van der Waals surface area contributed by atoms with E-state index in [9.17, 15) is 14.4 Å². The molecule has 1 saturated heterocycles. The number of rotatable bonds is 5. The lowest BCUT2D eigenvalue weighted by atomic mass is 9.92. The summed E-state index contributed by atoms with van der Waals surface area (Å²) in [5.41, 5.74) is 0.0341. The second-order valence-corrected chi connectivity index (χ2v) is 8.45. The van der Waals surface area contributed by atoms with Gasteiger partial charge in [0.1, 0.15) is 12.1 Å². The van der Waals surface area contributed by atoms with Crippen LogP contribution in [0.3, 0.4) is 0 Å². The summed E-state index contributed by atoms with van der Waals surface area (Å²) in [6.07, 6.45) is 0. The molecule has 0 radical (unpaired) electrons. The number of amides is 4. The molecule has 6 heteroatoms. The van der Waals surface area contributed by atoms with E-state index in [1.54, 1.807) is 24.0 Å².